The normalized spacial score (nSPS) is 16.1. The third-order valence-corrected chi connectivity index (χ3v) is 12.1. The third-order valence-electron chi connectivity index (χ3n) is 8.20. The highest BCUT2D eigenvalue weighted by molar-refractivity contribution is 7.90. The van der Waals surface area contributed by atoms with E-state index in [1.807, 2.05) is 0 Å². The monoisotopic (exact) mass is 725 g/mol. The Bertz CT molecular complexity index is 1340. The molecule has 0 spiro atoms. The molecule has 9 heteroatoms. The first kappa shape index (κ1) is 45.7. The zero-order valence-corrected chi connectivity index (χ0v) is 36.7. The Morgan fingerprint density at radius 1 is 0.755 bits per heavy atom. The van der Waals surface area contributed by atoms with Crippen LogP contribution in [-0.4, -0.2) is 45.7 Å². The van der Waals surface area contributed by atoms with Gasteiger partial charge in [-0.1, -0.05) is 115 Å². The first-order chi connectivity index (χ1) is 21.8. The Morgan fingerprint density at radius 2 is 1.31 bits per heavy atom. The van der Waals surface area contributed by atoms with Crippen molar-refractivity contribution in [3.8, 4) is 0 Å². The molecule has 0 saturated carbocycles. The SMILES string of the molecule is CC(C)(C)CC1CCN(S(=O)(=O)C(C)(C)C)CC1.CC(C)(C)CCCCc1nc(C(C)(C)C)no1.CC(C)(C)Cc1csc(C(C)(C)C)n1. The number of nitrogens with zero attached hydrogens (tertiary/aromatic N) is 4. The largest absolute Gasteiger partial charge is 0.339 e. The van der Waals surface area contributed by atoms with E-state index in [9.17, 15) is 8.42 Å². The van der Waals surface area contributed by atoms with Crippen LogP contribution in [0.5, 0.6) is 0 Å². The molecular formula is C40H76N4O3S2. The molecule has 0 radical (unpaired) electrons. The topological polar surface area (TPSA) is 89.2 Å². The van der Waals surface area contributed by atoms with Gasteiger partial charge < -0.3 is 4.52 Å². The van der Waals surface area contributed by atoms with Gasteiger partial charge in [0.2, 0.25) is 15.9 Å². The van der Waals surface area contributed by atoms with Crippen molar-refractivity contribution < 1.29 is 12.9 Å². The maximum atomic E-state index is 12.3. The van der Waals surface area contributed by atoms with Crippen molar-refractivity contribution >= 4 is 21.4 Å². The fourth-order valence-corrected chi connectivity index (χ4v) is 7.85. The number of thiazole rings is 1. The van der Waals surface area contributed by atoms with Crippen LogP contribution in [0.25, 0.3) is 0 Å². The number of hydrogen-bond donors (Lipinski definition) is 0. The van der Waals surface area contributed by atoms with Crippen LogP contribution in [0.4, 0.5) is 0 Å². The lowest BCUT2D eigenvalue weighted by atomic mass is 9.81. The average Bonchev–Trinajstić information content (AvgIpc) is 3.55. The quantitative estimate of drug-likeness (QED) is 0.264. The number of aromatic nitrogens is 3. The Morgan fingerprint density at radius 3 is 1.69 bits per heavy atom. The molecule has 1 fully saturated rings. The number of aryl methyl sites for hydroxylation is 1. The molecule has 0 unspecified atom stereocenters. The molecule has 2 aromatic heterocycles. The van der Waals surface area contributed by atoms with Crippen molar-refractivity contribution in [2.45, 2.75) is 192 Å². The van der Waals surface area contributed by atoms with Crippen molar-refractivity contribution in [3.05, 3.63) is 27.8 Å². The van der Waals surface area contributed by atoms with E-state index in [2.05, 4.69) is 124 Å². The fourth-order valence-electron chi connectivity index (χ4n) is 5.48. The Hall–Kier alpha value is -1.32. The highest BCUT2D eigenvalue weighted by Crippen LogP contribution is 2.33. The summed E-state index contributed by atoms with van der Waals surface area (Å²) in [4.78, 5) is 9.12. The maximum absolute atomic E-state index is 12.3. The molecule has 286 valence electrons. The van der Waals surface area contributed by atoms with Crippen LogP contribution in [0.1, 0.15) is 186 Å². The summed E-state index contributed by atoms with van der Waals surface area (Å²) in [5.74, 6) is 2.27. The van der Waals surface area contributed by atoms with Crippen LogP contribution in [0, 0.1) is 22.2 Å². The predicted molar refractivity (Wildman–Crippen MR) is 211 cm³/mol. The molecule has 1 aliphatic heterocycles. The predicted octanol–water partition coefficient (Wildman–Crippen LogP) is 11.4. The first-order valence-electron chi connectivity index (χ1n) is 18.6. The summed E-state index contributed by atoms with van der Waals surface area (Å²) in [5.41, 5.74) is 2.52. The van der Waals surface area contributed by atoms with Crippen molar-refractivity contribution in [3.63, 3.8) is 0 Å². The Labute approximate surface area is 307 Å². The van der Waals surface area contributed by atoms with Crippen LogP contribution in [0.2, 0.25) is 0 Å². The van der Waals surface area contributed by atoms with Gasteiger partial charge in [-0.2, -0.15) is 4.98 Å². The van der Waals surface area contributed by atoms with Crippen LogP contribution in [0.15, 0.2) is 9.90 Å². The van der Waals surface area contributed by atoms with Crippen LogP contribution < -0.4 is 0 Å². The van der Waals surface area contributed by atoms with Gasteiger partial charge in [0.05, 0.1) is 15.4 Å². The van der Waals surface area contributed by atoms with Gasteiger partial charge in [-0.05, 0) is 81.5 Å². The van der Waals surface area contributed by atoms with E-state index in [4.69, 9.17) is 4.52 Å². The standard InChI is InChI=1S/C14H26N2O.C14H29NO2S.C12H21NS/c1-13(2,3)10-8-7-9-11-15-12(16-17-11)14(4,5)6;1-13(2,3)11-12-7-9-15(10-8-12)18(16,17)14(4,5)6;1-11(2,3)7-9-8-14-10(13-9)12(4,5)6/h7-10H2,1-6H3;12H,7-11H2,1-6H3;8H,7H2,1-6H3. The van der Waals surface area contributed by atoms with Gasteiger partial charge in [-0.15, -0.1) is 11.3 Å². The molecular weight excluding hydrogens is 649 g/mol. The van der Waals surface area contributed by atoms with E-state index >= 15 is 0 Å². The maximum Gasteiger partial charge on any atom is 0.226 e. The van der Waals surface area contributed by atoms with Crippen molar-refractivity contribution in [2.75, 3.05) is 13.1 Å². The van der Waals surface area contributed by atoms with E-state index in [-0.39, 0.29) is 10.8 Å². The molecule has 0 atom stereocenters. The molecule has 0 amide bonds. The zero-order valence-electron chi connectivity index (χ0n) is 35.1. The lowest BCUT2D eigenvalue weighted by Gasteiger charge is -2.37. The van der Waals surface area contributed by atoms with Gasteiger partial charge in [0, 0.05) is 35.7 Å². The van der Waals surface area contributed by atoms with Crippen LogP contribution in [-0.2, 0) is 33.7 Å². The van der Waals surface area contributed by atoms with Crippen LogP contribution in [0.3, 0.4) is 0 Å². The zero-order chi connectivity index (χ0) is 38.3. The second kappa shape index (κ2) is 17.5. The number of hydrogen-bond acceptors (Lipinski definition) is 7. The number of unbranched alkanes of at least 4 members (excludes halogenated alkanes) is 1. The summed E-state index contributed by atoms with van der Waals surface area (Å²) < 4.78 is 30.9. The summed E-state index contributed by atoms with van der Waals surface area (Å²) >= 11 is 1.79. The van der Waals surface area contributed by atoms with Gasteiger partial charge in [-0.3, -0.25) is 0 Å². The lowest BCUT2D eigenvalue weighted by molar-refractivity contribution is 0.205. The average molecular weight is 725 g/mol. The van der Waals surface area contributed by atoms with Gasteiger partial charge in [-0.25, -0.2) is 17.7 Å². The molecule has 49 heavy (non-hydrogen) atoms. The smallest absolute Gasteiger partial charge is 0.226 e. The summed E-state index contributed by atoms with van der Waals surface area (Å²) in [5, 5.41) is 7.48. The minimum atomic E-state index is -3.13. The molecule has 3 heterocycles. The minimum Gasteiger partial charge on any atom is -0.339 e. The number of piperidine rings is 1. The molecule has 1 aliphatic rings. The van der Waals surface area contributed by atoms with E-state index in [0.29, 0.717) is 35.3 Å². The summed E-state index contributed by atoms with van der Waals surface area (Å²) in [6, 6.07) is 0. The Balaban J connectivity index is 0.000000370. The molecule has 0 N–H and O–H groups in total. The summed E-state index contributed by atoms with van der Waals surface area (Å²) in [6.07, 6.45) is 8.77. The second-order valence-corrected chi connectivity index (χ2v) is 24.4. The fraction of sp³-hybridized carbons (Fsp3) is 0.875. The minimum absolute atomic E-state index is 0.0207. The van der Waals surface area contributed by atoms with Gasteiger partial charge in [0.25, 0.3) is 0 Å². The molecule has 1 saturated heterocycles. The number of rotatable bonds is 7. The molecule has 0 bridgehead atoms. The first-order valence-corrected chi connectivity index (χ1v) is 20.9. The molecule has 0 aliphatic carbocycles. The second-order valence-electron chi connectivity index (χ2n) is 20.9. The molecule has 3 rings (SSSR count). The van der Waals surface area contributed by atoms with Crippen molar-refractivity contribution in [1.82, 2.24) is 19.4 Å². The summed E-state index contributed by atoms with van der Waals surface area (Å²) in [6.45, 7) is 40.0. The van der Waals surface area contributed by atoms with Gasteiger partial charge >= 0.3 is 0 Å². The highest BCUT2D eigenvalue weighted by Gasteiger charge is 2.37. The van der Waals surface area contributed by atoms with Crippen molar-refractivity contribution in [2.24, 2.45) is 22.2 Å². The van der Waals surface area contributed by atoms with E-state index in [1.165, 1.54) is 30.0 Å². The molecule has 0 aromatic carbocycles. The molecule has 2 aromatic rings. The van der Waals surface area contributed by atoms with E-state index in [1.54, 1.807) is 36.4 Å². The number of sulfonamides is 1. The highest BCUT2D eigenvalue weighted by atomic mass is 32.2. The van der Waals surface area contributed by atoms with Crippen molar-refractivity contribution in [1.29, 1.82) is 0 Å². The lowest BCUT2D eigenvalue weighted by Crippen LogP contribution is -2.46. The van der Waals surface area contributed by atoms with E-state index in [0.717, 1.165) is 43.8 Å². The van der Waals surface area contributed by atoms with Gasteiger partial charge in [0.1, 0.15) is 0 Å². The third kappa shape index (κ3) is 18.1. The Kier molecular flexibility index (Phi) is 16.3. The van der Waals surface area contributed by atoms with Crippen LogP contribution >= 0.6 is 11.3 Å². The molecule has 7 nitrogen and oxygen atoms in total. The summed E-state index contributed by atoms with van der Waals surface area (Å²) in [7, 11) is -3.13. The van der Waals surface area contributed by atoms with E-state index < -0.39 is 14.8 Å². The van der Waals surface area contributed by atoms with Gasteiger partial charge in [0.15, 0.2) is 5.82 Å².